The van der Waals surface area contributed by atoms with Crippen LogP contribution in [0.25, 0.3) is 22.2 Å². The van der Waals surface area contributed by atoms with E-state index < -0.39 is 18.3 Å². The molecule has 190 valence electrons. The Balaban J connectivity index is 1.35. The molecule has 0 fully saturated rings. The lowest BCUT2D eigenvalue weighted by Gasteiger charge is -2.14. The van der Waals surface area contributed by atoms with Gasteiger partial charge in [-0.2, -0.15) is 0 Å². The number of hydrogen-bond donors (Lipinski definition) is 3. The molecule has 1 amide bonds. The van der Waals surface area contributed by atoms with Gasteiger partial charge < -0.3 is 25.0 Å². The molecule has 10 heteroatoms. The van der Waals surface area contributed by atoms with E-state index in [9.17, 15) is 19.4 Å². The number of methoxy groups -OCH3 is 1. The standard InChI is InChI=1S/C28H21FN4O5/c1-37-20-12-22-26(32-13-20)24(10-11-30-22)38-19-8-6-18(7-9-19)33-28(36)21-14-31-23(15-34)25(27(21)35)16-2-4-17(29)5-3-16/h2-14,34H,15H2,1H3,(H,31,35)(H,33,36). The van der Waals surface area contributed by atoms with Crippen LogP contribution >= 0.6 is 0 Å². The zero-order chi connectivity index (χ0) is 26.6. The molecule has 0 aliphatic rings. The van der Waals surface area contributed by atoms with Gasteiger partial charge in [-0.15, -0.1) is 0 Å². The maximum Gasteiger partial charge on any atom is 0.261 e. The Hall–Kier alpha value is -5.09. The lowest BCUT2D eigenvalue weighted by Crippen LogP contribution is -2.13. The molecule has 3 N–H and O–H groups in total. The van der Waals surface area contributed by atoms with Gasteiger partial charge >= 0.3 is 0 Å². The number of benzene rings is 2. The van der Waals surface area contributed by atoms with Crippen LogP contribution in [0.3, 0.4) is 0 Å². The molecule has 0 aliphatic carbocycles. The molecular formula is C28H21FN4O5. The van der Waals surface area contributed by atoms with Crippen LogP contribution in [0.2, 0.25) is 0 Å². The first-order valence-corrected chi connectivity index (χ1v) is 11.4. The number of nitrogens with zero attached hydrogens (tertiary/aromatic N) is 3. The maximum atomic E-state index is 13.4. The SMILES string of the molecule is COc1cnc2c(Oc3ccc(NC(=O)c4cnc(CO)c(-c5ccc(F)cc5)c4O)cc3)ccnc2c1. The first-order valence-electron chi connectivity index (χ1n) is 11.4. The molecule has 0 unspecified atom stereocenters. The van der Waals surface area contributed by atoms with E-state index in [2.05, 4.69) is 20.3 Å². The second-order valence-corrected chi connectivity index (χ2v) is 8.14. The fourth-order valence-corrected chi connectivity index (χ4v) is 3.86. The zero-order valence-corrected chi connectivity index (χ0v) is 20.1. The summed E-state index contributed by atoms with van der Waals surface area (Å²) in [6.45, 7) is -0.473. The van der Waals surface area contributed by atoms with E-state index in [1.54, 1.807) is 55.9 Å². The molecule has 9 nitrogen and oxygen atoms in total. The van der Waals surface area contributed by atoms with E-state index in [1.807, 2.05) is 0 Å². The van der Waals surface area contributed by atoms with E-state index in [-0.39, 0.29) is 22.6 Å². The number of fused-ring (bicyclic) bond motifs is 1. The fourth-order valence-electron chi connectivity index (χ4n) is 3.86. The number of nitrogens with one attached hydrogen (secondary N) is 1. The summed E-state index contributed by atoms with van der Waals surface area (Å²) in [5, 5.41) is 23.2. The van der Waals surface area contributed by atoms with E-state index in [1.165, 1.54) is 30.5 Å². The third-order valence-corrected chi connectivity index (χ3v) is 5.75. The first-order chi connectivity index (χ1) is 18.5. The Morgan fingerprint density at radius 3 is 2.45 bits per heavy atom. The minimum atomic E-state index is -0.616. The predicted molar refractivity (Wildman–Crippen MR) is 138 cm³/mol. The molecule has 5 aromatic rings. The topological polar surface area (TPSA) is 127 Å². The summed E-state index contributed by atoms with van der Waals surface area (Å²) < 4.78 is 24.5. The van der Waals surface area contributed by atoms with Crippen molar-refractivity contribution in [2.45, 2.75) is 6.61 Å². The molecule has 0 spiro atoms. The highest BCUT2D eigenvalue weighted by atomic mass is 19.1. The van der Waals surface area contributed by atoms with Crippen LogP contribution in [0.5, 0.6) is 23.0 Å². The van der Waals surface area contributed by atoms with Crippen molar-refractivity contribution < 1.29 is 28.9 Å². The van der Waals surface area contributed by atoms with Crippen LogP contribution in [0.4, 0.5) is 10.1 Å². The molecule has 0 saturated heterocycles. The van der Waals surface area contributed by atoms with Crippen LogP contribution in [0.15, 0.2) is 79.3 Å². The first kappa shape index (κ1) is 24.6. The second-order valence-electron chi connectivity index (χ2n) is 8.14. The van der Waals surface area contributed by atoms with E-state index in [4.69, 9.17) is 9.47 Å². The Morgan fingerprint density at radius 2 is 1.74 bits per heavy atom. The van der Waals surface area contributed by atoms with Crippen LogP contribution in [0.1, 0.15) is 16.1 Å². The Morgan fingerprint density at radius 1 is 0.974 bits per heavy atom. The average Bonchev–Trinajstić information content (AvgIpc) is 2.94. The van der Waals surface area contributed by atoms with Crippen molar-refractivity contribution >= 4 is 22.6 Å². The Kier molecular flexibility index (Phi) is 6.79. The second kappa shape index (κ2) is 10.5. The van der Waals surface area contributed by atoms with E-state index in [0.29, 0.717) is 39.5 Å². The molecule has 0 saturated carbocycles. The van der Waals surface area contributed by atoms with Gasteiger partial charge in [0.2, 0.25) is 0 Å². The number of aromatic nitrogens is 3. The lowest BCUT2D eigenvalue weighted by atomic mass is 10.00. The van der Waals surface area contributed by atoms with Gasteiger partial charge in [-0.3, -0.25) is 14.8 Å². The molecule has 5 rings (SSSR count). The number of pyridine rings is 3. The lowest BCUT2D eigenvalue weighted by molar-refractivity contribution is 0.102. The number of aromatic hydroxyl groups is 1. The highest BCUT2D eigenvalue weighted by molar-refractivity contribution is 6.07. The van der Waals surface area contributed by atoms with Gasteiger partial charge in [0.15, 0.2) is 5.75 Å². The largest absolute Gasteiger partial charge is 0.506 e. The van der Waals surface area contributed by atoms with Crippen LogP contribution in [0, 0.1) is 5.82 Å². The number of aliphatic hydroxyl groups excluding tert-OH is 1. The molecule has 3 aromatic heterocycles. The minimum absolute atomic E-state index is 0.105. The average molecular weight is 512 g/mol. The summed E-state index contributed by atoms with van der Waals surface area (Å²) in [4.78, 5) is 25.7. The van der Waals surface area contributed by atoms with E-state index in [0.717, 1.165) is 0 Å². The van der Waals surface area contributed by atoms with Gasteiger partial charge in [-0.25, -0.2) is 9.37 Å². The Labute approximate surface area is 216 Å². The molecule has 2 aromatic carbocycles. The molecule has 0 atom stereocenters. The van der Waals surface area contributed by atoms with Gasteiger partial charge in [0.25, 0.3) is 5.91 Å². The van der Waals surface area contributed by atoms with Crippen LogP contribution < -0.4 is 14.8 Å². The summed E-state index contributed by atoms with van der Waals surface area (Å²) in [7, 11) is 1.55. The molecule has 0 aliphatic heterocycles. The zero-order valence-electron chi connectivity index (χ0n) is 20.1. The van der Waals surface area contributed by atoms with Crippen molar-refractivity contribution in [3.63, 3.8) is 0 Å². The van der Waals surface area contributed by atoms with Crippen molar-refractivity contribution in [3.8, 4) is 34.1 Å². The number of ether oxygens (including phenoxy) is 2. The number of halogens is 1. The van der Waals surface area contributed by atoms with Crippen LogP contribution in [-0.4, -0.2) is 38.2 Å². The van der Waals surface area contributed by atoms with Gasteiger partial charge in [-0.1, -0.05) is 12.1 Å². The third kappa shape index (κ3) is 4.93. The number of amides is 1. The fraction of sp³-hybridized carbons (Fsp3) is 0.0714. The quantitative estimate of drug-likeness (QED) is 0.276. The summed E-state index contributed by atoms with van der Waals surface area (Å²) in [5.74, 6) is 0.142. The third-order valence-electron chi connectivity index (χ3n) is 5.75. The molecule has 38 heavy (non-hydrogen) atoms. The summed E-state index contributed by atoms with van der Waals surface area (Å²) in [6.07, 6.45) is 4.36. The Bertz CT molecular complexity index is 1630. The number of hydrogen-bond acceptors (Lipinski definition) is 8. The monoisotopic (exact) mass is 512 g/mol. The van der Waals surface area contributed by atoms with Crippen molar-refractivity contribution in [1.29, 1.82) is 0 Å². The highest BCUT2D eigenvalue weighted by Crippen LogP contribution is 2.35. The van der Waals surface area contributed by atoms with Gasteiger partial charge in [0, 0.05) is 35.8 Å². The molecule has 3 heterocycles. The highest BCUT2D eigenvalue weighted by Gasteiger charge is 2.20. The van der Waals surface area contributed by atoms with Gasteiger partial charge in [0.05, 0.1) is 31.1 Å². The number of rotatable bonds is 7. The molecule has 0 bridgehead atoms. The van der Waals surface area contributed by atoms with Crippen molar-refractivity contribution in [2.24, 2.45) is 0 Å². The molecule has 0 radical (unpaired) electrons. The van der Waals surface area contributed by atoms with Gasteiger partial charge in [0.1, 0.15) is 34.1 Å². The number of anilines is 1. The predicted octanol–water partition coefficient (Wildman–Crippen LogP) is 5.08. The van der Waals surface area contributed by atoms with Crippen molar-refractivity contribution in [1.82, 2.24) is 15.0 Å². The smallest absolute Gasteiger partial charge is 0.261 e. The summed E-state index contributed by atoms with van der Waals surface area (Å²) in [5.41, 5.74) is 2.24. The minimum Gasteiger partial charge on any atom is -0.506 e. The summed E-state index contributed by atoms with van der Waals surface area (Å²) >= 11 is 0. The van der Waals surface area contributed by atoms with Gasteiger partial charge in [-0.05, 0) is 42.0 Å². The number of aliphatic hydroxyl groups is 1. The number of carbonyl (C=O) groups is 1. The molecular weight excluding hydrogens is 491 g/mol. The van der Waals surface area contributed by atoms with E-state index >= 15 is 0 Å². The normalized spacial score (nSPS) is 10.8. The van der Waals surface area contributed by atoms with Crippen molar-refractivity contribution in [3.05, 3.63) is 96.3 Å². The van der Waals surface area contributed by atoms with Crippen molar-refractivity contribution in [2.75, 3.05) is 12.4 Å². The number of carbonyl (C=O) groups excluding carboxylic acids is 1. The summed E-state index contributed by atoms with van der Waals surface area (Å²) in [6, 6.07) is 15.4. The maximum absolute atomic E-state index is 13.4. The van der Waals surface area contributed by atoms with Crippen LogP contribution in [-0.2, 0) is 6.61 Å².